The number of ether oxygens (including phenoxy) is 2. The highest BCUT2D eigenvalue weighted by atomic mass is 32.1. The number of nitrogen functional groups attached to an aromatic ring is 1. The van der Waals surface area contributed by atoms with E-state index in [1.165, 1.54) is 11.3 Å². The minimum atomic E-state index is 0.130. The molecule has 6 nitrogen and oxygen atoms in total. The highest BCUT2D eigenvalue weighted by molar-refractivity contribution is 7.18. The van der Waals surface area contributed by atoms with Crippen LogP contribution >= 0.6 is 11.3 Å². The van der Waals surface area contributed by atoms with Crippen molar-refractivity contribution in [1.29, 1.82) is 0 Å². The fourth-order valence-electron chi connectivity index (χ4n) is 2.18. The first kappa shape index (κ1) is 14.2. The lowest BCUT2D eigenvalue weighted by Gasteiger charge is -2.22. The molecule has 0 saturated carbocycles. The standard InChI is InChI=1S/C14H18N4O2S/c1-2-9-7-11(12-8-16-13(15)21-12)18-14(17-9)20-10-3-5-19-6-4-10/h7-8,10H,2-6H2,1H3,(H2,15,16). The van der Waals surface area contributed by atoms with Gasteiger partial charge in [0.15, 0.2) is 5.13 Å². The smallest absolute Gasteiger partial charge is 0.317 e. The summed E-state index contributed by atoms with van der Waals surface area (Å²) in [4.78, 5) is 14.0. The van der Waals surface area contributed by atoms with Gasteiger partial charge in [-0.25, -0.2) is 9.97 Å². The van der Waals surface area contributed by atoms with Gasteiger partial charge in [-0.1, -0.05) is 18.3 Å². The highest BCUT2D eigenvalue weighted by Gasteiger charge is 2.18. The number of nitrogens with zero attached hydrogens (tertiary/aromatic N) is 3. The summed E-state index contributed by atoms with van der Waals surface area (Å²) in [5, 5.41) is 0.536. The van der Waals surface area contributed by atoms with E-state index in [4.69, 9.17) is 15.2 Å². The van der Waals surface area contributed by atoms with Crippen LogP contribution in [0.3, 0.4) is 0 Å². The van der Waals surface area contributed by atoms with Crippen LogP contribution in [0.1, 0.15) is 25.5 Å². The number of hydrogen-bond donors (Lipinski definition) is 1. The number of thiazole rings is 1. The van der Waals surface area contributed by atoms with E-state index in [1.807, 2.05) is 6.07 Å². The molecule has 0 aliphatic carbocycles. The molecule has 21 heavy (non-hydrogen) atoms. The van der Waals surface area contributed by atoms with Crippen LogP contribution in [-0.2, 0) is 11.2 Å². The van der Waals surface area contributed by atoms with Crippen molar-refractivity contribution in [3.05, 3.63) is 18.0 Å². The van der Waals surface area contributed by atoms with Gasteiger partial charge < -0.3 is 15.2 Å². The molecule has 0 atom stereocenters. The molecule has 1 saturated heterocycles. The number of anilines is 1. The van der Waals surface area contributed by atoms with Gasteiger partial charge in [0.25, 0.3) is 0 Å². The molecule has 1 aliphatic heterocycles. The monoisotopic (exact) mass is 306 g/mol. The number of aryl methyl sites for hydroxylation is 1. The van der Waals surface area contributed by atoms with Crippen molar-refractivity contribution in [2.24, 2.45) is 0 Å². The van der Waals surface area contributed by atoms with Crippen molar-refractivity contribution in [1.82, 2.24) is 15.0 Å². The summed E-state index contributed by atoms with van der Waals surface area (Å²) >= 11 is 1.42. The lowest BCUT2D eigenvalue weighted by atomic mass is 10.2. The molecule has 3 rings (SSSR count). The zero-order chi connectivity index (χ0) is 14.7. The van der Waals surface area contributed by atoms with Gasteiger partial charge >= 0.3 is 6.01 Å². The Hall–Kier alpha value is -1.73. The maximum atomic E-state index is 5.92. The summed E-state index contributed by atoms with van der Waals surface area (Å²) in [6.45, 7) is 3.53. The van der Waals surface area contributed by atoms with Crippen LogP contribution in [0.5, 0.6) is 6.01 Å². The number of hydrogen-bond acceptors (Lipinski definition) is 7. The largest absolute Gasteiger partial charge is 0.460 e. The van der Waals surface area contributed by atoms with Gasteiger partial charge in [-0.15, -0.1) is 0 Å². The zero-order valence-corrected chi connectivity index (χ0v) is 12.7. The predicted octanol–water partition coefficient (Wildman–Crippen LogP) is 2.30. The third-order valence-corrected chi connectivity index (χ3v) is 4.19. The molecule has 112 valence electrons. The van der Waals surface area contributed by atoms with Gasteiger partial charge in [0.1, 0.15) is 6.10 Å². The molecule has 2 aromatic rings. The van der Waals surface area contributed by atoms with E-state index in [0.29, 0.717) is 11.1 Å². The maximum Gasteiger partial charge on any atom is 0.317 e. The van der Waals surface area contributed by atoms with Gasteiger partial charge in [0, 0.05) is 24.7 Å². The molecular formula is C14H18N4O2S. The lowest BCUT2D eigenvalue weighted by Crippen LogP contribution is -2.26. The van der Waals surface area contributed by atoms with Crippen LogP contribution in [0.15, 0.2) is 12.3 Å². The second kappa shape index (κ2) is 6.36. The lowest BCUT2D eigenvalue weighted by molar-refractivity contribution is 0.0217. The number of aromatic nitrogens is 3. The van der Waals surface area contributed by atoms with Crippen LogP contribution in [0.25, 0.3) is 10.6 Å². The highest BCUT2D eigenvalue weighted by Crippen LogP contribution is 2.28. The fourth-order valence-corrected chi connectivity index (χ4v) is 2.83. The van der Waals surface area contributed by atoms with Crippen LogP contribution < -0.4 is 10.5 Å². The molecule has 7 heteroatoms. The Labute approximate surface area is 127 Å². The summed E-state index contributed by atoms with van der Waals surface area (Å²) in [5.74, 6) is 0. The van der Waals surface area contributed by atoms with Gasteiger partial charge in [-0.3, -0.25) is 0 Å². The molecule has 0 spiro atoms. The van der Waals surface area contributed by atoms with Crippen LogP contribution in [0.2, 0.25) is 0 Å². The molecule has 2 N–H and O–H groups in total. The SMILES string of the molecule is CCc1cc(-c2cnc(N)s2)nc(OC2CCOCC2)n1. The Kier molecular flexibility index (Phi) is 4.31. The van der Waals surface area contributed by atoms with Crippen molar-refractivity contribution in [2.75, 3.05) is 18.9 Å². The molecular weight excluding hydrogens is 288 g/mol. The molecule has 3 heterocycles. The Morgan fingerprint density at radius 2 is 2.19 bits per heavy atom. The van der Waals surface area contributed by atoms with Gasteiger partial charge in [-0.2, -0.15) is 4.98 Å². The number of nitrogens with two attached hydrogens (primary N) is 1. The summed E-state index contributed by atoms with van der Waals surface area (Å²) in [6.07, 6.45) is 4.45. The minimum Gasteiger partial charge on any atom is -0.460 e. The van der Waals surface area contributed by atoms with Crippen LogP contribution in [-0.4, -0.2) is 34.3 Å². The second-order valence-electron chi connectivity index (χ2n) is 4.87. The Balaban J connectivity index is 1.85. The minimum absolute atomic E-state index is 0.130. The Morgan fingerprint density at radius 3 is 2.86 bits per heavy atom. The third kappa shape index (κ3) is 3.48. The Morgan fingerprint density at radius 1 is 1.38 bits per heavy atom. The predicted molar refractivity (Wildman–Crippen MR) is 81.4 cm³/mol. The first-order valence-corrected chi connectivity index (χ1v) is 7.90. The first-order valence-electron chi connectivity index (χ1n) is 7.08. The van der Waals surface area contributed by atoms with Gasteiger partial charge in [-0.05, 0) is 12.5 Å². The van der Waals surface area contributed by atoms with Crippen LogP contribution in [0.4, 0.5) is 5.13 Å². The van der Waals surface area contributed by atoms with Crippen molar-refractivity contribution < 1.29 is 9.47 Å². The van der Waals surface area contributed by atoms with E-state index in [2.05, 4.69) is 21.9 Å². The number of rotatable bonds is 4. The van der Waals surface area contributed by atoms with E-state index in [-0.39, 0.29) is 6.10 Å². The molecule has 0 radical (unpaired) electrons. The van der Waals surface area contributed by atoms with E-state index < -0.39 is 0 Å². The second-order valence-corrected chi connectivity index (χ2v) is 5.94. The topological polar surface area (TPSA) is 83.2 Å². The fraction of sp³-hybridized carbons (Fsp3) is 0.500. The molecule has 0 amide bonds. The van der Waals surface area contributed by atoms with E-state index >= 15 is 0 Å². The maximum absolute atomic E-state index is 5.92. The van der Waals surface area contributed by atoms with Crippen molar-refractivity contribution in [2.45, 2.75) is 32.3 Å². The first-order chi connectivity index (χ1) is 10.2. The van der Waals surface area contributed by atoms with E-state index in [9.17, 15) is 0 Å². The molecule has 0 unspecified atom stereocenters. The average molecular weight is 306 g/mol. The van der Waals surface area contributed by atoms with Crippen molar-refractivity contribution in [3.63, 3.8) is 0 Å². The summed E-state index contributed by atoms with van der Waals surface area (Å²) in [6, 6.07) is 2.40. The molecule has 1 aliphatic rings. The summed E-state index contributed by atoms with van der Waals surface area (Å²) in [7, 11) is 0. The summed E-state index contributed by atoms with van der Waals surface area (Å²) < 4.78 is 11.3. The molecule has 2 aromatic heterocycles. The average Bonchev–Trinajstić information content (AvgIpc) is 2.94. The molecule has 0 aromatic carbocycles. The van der Waals surface area contributed by atoms with Gasteiger partial charge in [0.05, 0.1) is 23.8 Å². The molecule has 0 bridgehead atoms. The van der Waals surface area contributed by atoms with E-state index in [1.54, 1.807) is 6.20 Å². The van der Waals surface area contributed by atoms with Crippen LogP contribution in [0, 0.1) is 0 Å². The van der Waals surface area contributed by atoms with E-state index in [0.717, 1.165) is 48.7 Å². The Bertz CT molecular complexity index is 611. The quantitative estimate of drug-likeness (QED) is 0.933. The molecule has 1 fully saturated rings. The zero-order valence-electron chi connectivity index (χ0n) is 11.9. The van der Waals surface area contributed by atoms with Crippen molar-refractivity contribution in [3.8, 4) is 16.6 Å². The van der Waals surface area contributed by atoms with Crippen molar-refractivity contribution >= 4 is 16.5 Å². The third-order valence-electron chi connectivity index (χ3n) is 3.34. The normalized spacial score (nSPS) is 16.0. The summed E-state index contributed by atoms with van der Waals surface area (Å²) in [5.41, 5.74) is 7.46. The van der Waals surface area contributed by atoms with Gasteiger partial charge in [0.2, 0.25) is 0 Å².